The summed E-state index contributed by atoms with van der Waals surface area (Å²) in [4.78, 5) is 29.2. The molecule has 0 bridgehead atoms. The number of piperidine rings is 1. The van der Waals surface area contributed by atoms with Crippen molar-refractivity contribution in [3.05, 3.63) is 0 Å². The van der Waals surface area contributed by atoms with E-state index in [1.165, 1.54) is 4.90 Å². The second-order valence-corrected chi connectivity index (χ2v) is 8.16. The standard InChI is InChI=1S/C17H27N3O3/c1-12-2-3-15(21)20(12)13-4-6-18(7-5-13)14-8-17(9-14)10-19(11-17)16(22)23/h12-14H,2-11H2,1H3,(H,22,23)/t12-/m0/s1. The topological polar surface area (TPSA) is 64.1 Å². The summed E-state index contributed by atoms with van der Waals surface area (Å²) in [5.41, 5.74) is 0.291. The molecule has 0 radical (unpaired) electrons. The molecule has 0 unspecified atom stereocenters. The molecule has 0 aromatic carbocycles. The molecule has 6 heteroatoms. The van der Waals surface area contributed by atoms with Gasteiger partial charge >= 0.3 is 6.09 Å². The first-order valence-electron chi connectivity index (χ1n) is 9.00. The number of hydrogen-bond donors (Lipinski definition) is 1. The summed E-state index contributed by atoms with van der Waals surface area (Å²) < 4.78 is 0. The highest BCUT2D eigenvalue weighted by Crippen LogP contribution is 2.50. The highest BCUT2D eigenvalue weighted by Gasteiger charge is 2.55. The average molecular weight is 321 g/mol. The van der Waals surface area contributed by atoms with Crippen LogP contribution in [-0.2, 0) is 4.79 Å². The van der Waals surface area contributed by atoms with Gasteiger partial charge in [-0.25, -0.2) is 4.79 Å². The summed E-state index contributed by atoms with van der Waals surface area (Å²) in [5, 5.41) is 8.96. The van der Waals surface area contributed by atoms with E-state index >= 15 is 0 Å². The molecular formula is C17H27N3O3. The number of hydrogen-bond acceptors (Lipinski definition) is 3. The Morgan fingerprint density at radius 2 is 1.78 bits per heavy atom. The van der Waals surface area contributed by atoms with Crippen molar-refractivity contribution in [2.45, 2.75) is 63.6 Å². The van der Waals surface area contributed by atoms with Crippen molar-refractivity contribution in [2.75, 3.05) is 26.2 Å². The Hall–Kier alpha value is -1.30. The number of amides is 2. The van der Waals surface area contributed by atoms with Gasteiger partial charge < -0.3 is 19.8 Å². The normalized spacial score (nSPS) is 32.2. The number of carboxylic acid groups (broad SMARTS) is 1. The van der Waals surface area contributed by atoms with Gasteiger partial charge in [0, 0.05) is 56.1 Å². The molecular weight excluding hydrogens is 294 g/mol. The molecule has 0 aromatic heterocycles. The highest BCUT2D eigenvalue weighted by atomic mass is 16.4. The SMILES string of the molecule is C[C@H]1CCC(=O)N1C1CCN(C2CC3(C2)CN(C(=O)O)C3)CC1. The maximum atomic E-state index is 12.0. The van der Waals surface area contributed by atoms with Crippen LogP contribution in [0.3, 0.4) is 0 Å². The monoisotopic (exact) mass is 321 g/mol. The first kappa shape index (κ1) is 15.2. The molecule has 4 aliphatic rings. The van der Waals surface area contributed by atoms with Crippen LogP contribution < -0.4 is 0 Å². The molecule has 1 saturated carbocycles. The Morgan fingerprint density at radius 1 is 1.13 bits per heavy atom. The Morgan fingerprint density at radius 3 is 2.30 bits per heavy atom. The molecule has 3 aliphatic heterocycles. The van der Waals surface area contributed by atoms with E-state index in [0.29, 0.717) is 29.4 Å². The Bertz CT molecular complexity index is 501. The van der Waals surface area contributed by atoms with Crippen LogP contribution in [0.2, 0.25) is 0 Å². The van der Waals surface area contributed by atoms with Crippen LogP contribution in [0.1, 0.15) is 45.4 Å². The summed E-state index contributed by atoms with van der Waals surface area (Å²) >= 11 is 0. The number of carbonyl (C=O) groups is 2. The molecule has 4 rings (SSSR count). The van der Waals surface area contributed by atoms with Crippen molar-refractivity contribution in [3.8, 4) is 0 Å². The van der Waals surface area contributed by atoms with Gasteiger partial charge in [0.25, 0.3) is 0 Å². The minimum atomic E-state index is -0.774. The molecule has 3 saturated heterocycles. The van der Waals surface area contributed by atoms with Crippen molar-refractivity contribution in [1.82, 2.24) is 14.7 Å². The van der Waals surface area contributed by atoms with Gasteiger partial charge in [-0.2, -0.15) is 0 Å². The first-order chi connectivity index (χ1) is 11.0. The van der Waals surface area contributed by atoms with Crippen LogP contribution >= 0.6 is 0 Å². The molecule has 0 aromatic rings. The third kappa shape index (κ3) is 2.51. The molecule has 4 fully saturated rings. The minimum absolute atomic E-state index is 0.291. The van der Waals surface area contributed by atoms with Crippen LogP contribution in [0.4, 0.5) is 4.79 Å². The van der Waals surface area contributed by atoms with Crippen LogP contribution in [0.5, 0.6) is 0 Å². The van der Waals surface area contributed by atoms with Gasteiger partial charge in [0.1, 0.15) is 0 Å². The lowest BCUT2D eigenvalue weighted by Gasteiger charge is -2.61. The maximum absolute atomic E-state index is 12.0. The van der Waals surface area contributed by atoms with E-state index in [4.69, 9.17) is 5.11 Å². The lowest BCUT2D eigenvalue weighted by Crippen LogP contribution is -2.68. The molecule has 128 valence electrons. The van der Waals surface area contributed by atoms with E-state index in [1.807, 2.05) is 0 Å². The van der Waals surface area contributed by atoms with E-state index in [0.717, 1.165) is 64.7 Å². The van der Waals surface area contributed by atoms with Gasteiger partial charge in [0.15, 0.2) is 0 Å². The molecule has 1 aliphatic carbocycles. The van der Waals surface area contributed by atoms with Gasteiger partial charge in [-0.3, -0.25) is 4.79 Å². The van der Waals surface area contributed by atoms with Crippen molar-refractivity contribution < 1.29 is 14.7 Å². The van der Waals surface area contributed by atoms with Gasteiger partial charge in [0.2, 0.25) is 5.91 Å². The molecule has 2 amide bonds. The largest absolute Gasteiger partial charge is 0.465 e. The van der Waals surface area contributed by atoms with Gasteiger partial charge in [0.05, 0.1) is 0 Å². The fraction of sp³-hybridized carbons (Fsp3) is 0.882. The fourth-order valence-corrected chi connectivity index (χ4v) is 5.29. The van der Waals surface area contributed by atoms with E-state index < -0.39 is 6.09 Å². The van der Waals surface area contributed by atoms with Gasteiger partial charge in [-0.15, -0.1) is 0 Å². The number of nitrogens with zero attached hydrogens (tertiary/aromatic N) is 3. The minimum Gasteiger partial charge on any atom is -0.465 e. The number of carbonyl (C=O) groups excluding carboxylic acids is 1. The average Bonchev–Trinajstić information content (AvgIpc) is 2.76. The molecule has 23 heavy (non-hydrogen) atoms. The van der Waals surface area contributed by atoms with Crippen LogP contribution in [-0.4, -0.2) is 76.1 Å². The zero-order valence-corrected chi connectivity index (χ0v) is 13.9. The predicted octanol–water partition coefficient (Wildman–Crippen LogP) is 1.60. The molecule has 1 spiro atoms. The van der Waals surface area contributed by atoms with E-state index in [1.54, 1.807) is 0 Å². The smallest absolute Gasteiger partial charge is 0.407 e. The lowest BCUT2D eigenvalue weighted by molar-refractivity contribution is -0.133. The third-order valence-electron chi connectivity index (χ3n) is 6.61. The van der Waals surface area contributed by atoms with Gasteiger partial charge in [-0.05, 0) is 39.0 Å². The summed E-state index contributed by atoms with van der Waals surface area (Å²) in [6.07, 6.45) is 5.48. The van der Waals surface area contributed by atoms with Gasteiger partial charge in [-0.1, -0.05) is 0 Å². The van der Waals surface area contributed by atoms with Crippen molar-refractivity contribution in [3.63, 3.8) is 0 Å². The number of likely N-dealkylation sites (tertiary alicyclic amines) is 3. The van der Waals surface area contributed by atoms with Crippen molar-refractivity contribution >= 4 is 12.0 Å². The summed E-state index contributed by atoms with van der Waals surface area (Å²) in [5.74, 6) is 0.349. The predicted molar refractivity (Wildman–Crippen MR) is 85.2 cm³/mol. The van der Waals surface area contributed by atoms with E-state index in [-0.39, 0.29) is 0 Å². The highest BCUT2D eigenvalue weighted by molar-refractivity contribution is 5.79. The molecule has 1 atom stereocenters. The Labute approximate surface area is 137 Å². The second-order valence-electron chi connectivity index (χ2n) is 8.16. The number of rotatable bonds is 2. The molecule has 6 nitrogen and oxygen atoms in total. The molecule has 3 heterocycles. The maximum Gasteiger partial charge on any atom is 0.407 e. The quantitative estimate of drug-likeness (QED) is 0.839. The Kier molecular flexibility index (Phi) is 3.55. The summed E-state index contributed by atoms with van der Waals surface area (Å²) in [6, 6.07) is 1.50. The first-order valence-corrected chi connectivity index (χ1v) is 9.00. The molecule has 1 N–H and O–H groups in total. The Balaban J connectivity index is 1.24. The fourth-order valence-electron chi connectivity index (χ4n) is 5.29. The second kappa shape index (κ2) is 5.36. The van der Waals surface area contributed by atoms with E-state index in [2.05, 4.69) is 16.7 Å². The van der Waals surface area contributed by atoms with E-state index in [9.17, 15) is 9.59 Å². The zero-order chi connectivity index (χ0) is 16.2. The lowest BCUT2D eigenvalue weighted by atomic mass is 9.60. The van der Waals surface area contributed by atoms with Crippen LogP contribution in [0.25, 0.3) is 0 Å². The zero-order valence-electron chi connectivity index (χ0n) is 13.9. The summed E-state index contributed by atoms with van der Waals surface area (Å²) in [7, 11) is 0. The van der Waals surface area contributed by atoms with Crippen molar-refractivity contribution in [1.29, 1.82) is 0 Å². The third-order valence-corrected chi connectivity index (χ3v) is 6.61. The van der Waals surface area contributed by atoms with Crippen LogP contribution in [0.15, 0.2) is 0 Å². The van der Waals surface area contributed by atoms with Crippen LogP contribution in [0, 0.1) is 5.41 Å². The summed E-state index contributed by atoms with van der Waals surface area (Å²) in [6.45, 7) is 5.82. The van der Waals surface area contributed by atoms with Crippen molar-refractivity contribution in [2.24, 2.45) is 5.41 Å².